The number of aliphatic hydroxyl groups excluding tert-OH is 2. The Morgan fingerprint density at radius 1 is 0.773 bits per heavy atom. The van der Waals surface area contributed by atoms with Gasteiger partial charge in [0.05, 0.1) is 25.4 Å². The van der Waals surface area contributed by atoms with Crippen molar-refractivity contribution >= 4 is 79.4 Å². The maximum atomic E-state index is 12.8. The topological polar surface area (TPSA) is 176 Å². The van der Waals surface area contributed by atoms with E-state index in [1.807, 2.05) is 19.4 Å². The number of nitrogens with one attached hydrogen (secondary N) is 2. The molecule has 2 amide bonds. The van der Waals surface area contributed by atoms with Crippen molar-refractivity contribution in [2.24, 2.45) is 0 Å². The monoisotopic (exact) mass is 762 g/mol. The van der Waals surface area contributed by atoms with E-state index in [1.165, 1.54) is 0 Å². The molecule has 1 atom stereocenters. The van der Waals surface area contributed by atoms with Gasteiger partial charge in [0.1, 0.15) is 14.3 Å². The molecule has 0 aromatic rings. The first-order valence-electron chi connectivity index (χ1n) is 14.4. The first kappa shape index (κ1) is 46.7. The molecule has 0 rings (SSSR count). The molecule has 264 valence electrons. The Morgan fingerprint density at radius 2 is 1.16 bits per heavy atom. The summed E-state index contributed by atoms with van der Waals surface area (Å²) in [5.41, 5.74) is 0. The van der Waals surface area contributed by atoms with Gasteiger partial charge in [-0.05, 0) is 59.5 Å². The molecule has 1 unspecified atom stereocenters. The van der Waals surface area contributed by atoms with Crippen LogP contribution in [0.3, 0.4) is 0 Å². The maximum Gasteiger partial charge on any atom is 0.264 e. The Morgan fingerprint density at radius 3 is 1.48 bits per heavy atom. The molecule has 0 aliphatic carbocycles. The summed E-state index contributed by atoms with van der Waals surface area (Å²) in [5.74, 6) is -0.249. The van der Waals surface area contributed by atoms with E-state index in [1.54, 1.807) is 43.2 Å². The molecule has 11 nitrogen and oxygen atoms in total. The van der Waals surface area contributed by atoms with Gasteiger partial charge in [0.25, 0.3) is 10.1 Å². The summed E-state index contributed by atoms with van der Waals surface area (Å²) >= 11 is 0. The lowest BCUT2D eigenvalue weighted by Gasteiger charge is -2.22. The van der Waals surface area contributed by atoms with Crippen molar-refractivity contribution in [3.8, 4) is 0 Å². The second kappa shape index (κ2) is 23.9. The molecular formula is C26H56N2O9P2S5. The van der Waals surface area contributed by atoms with Crippen LogP contribution in [0.2, 0.25) is 0 Å². The van der Waals surface area contributed by atoms with E-state index in [0.717, 1.165) is 19.1 Å². The highest BCUT2D eigenvalue weighted by Crippen LogP contribution is 2.45. The standard InChI is InChI=1S/C14H30NO5PS3.C12H26NO4PS2/c1-6-10-21(17,11-9-20-24(5,18)19)12-15-13(16)7-8-14(2,3)23-22-4;1-12(2,20-19-3)5-4-11(16)13-10-18(17,8-6-14)9-7-15/h6-12H2,1-5H3,(H,15,16);14-15H,4-10H2,1-3H3,(H,13,16). The Labute approximate surface area is 282 Å². The van der Waals surface area contributed by atoms with E-state index in [4.69, 9.17) is 10.2 Å². The highest BCUT2D eigenvalue weighted by atomic mass is 33.1. The molecule has 0 saturated carbocycles. The van der Waals surface area contributed by atoms with Gasteiger partial charge in [-0.25, -0.2) is 0 Å². The van der Waals surface area contributed by atoms with Crippen molar-refractivity contribution in [2.45, 2.75) is 76.2 Å². The molecule has 0 spiro atoms. The van der Waals surface area contributed by atoms with Crippen molar-refractivity contribution in [3.05, 3.63) is 0 Å². The van der Waals surface area contributed by atoms with Crippen LogP contribution in [0.25, 0.3) is 0 Å². The van der Waals surface area contributed by atoms with Crippen LogP contribution in [-0.4, -0.2) is 116 Å². The summed E-state index contributed by atoms with van der Waals surface area (Å²) in [6, 6.07) is 0. The average Bonchev–Trinajstić information content (AvgIpc) is 2.89. The lowest BCUT2D eigenvalue weighted by molar-refractivity contribution is -0.121. The van der Waals surface area contributed by atoms with Gasteiger partial charge in [-0.2, -0.15) is 8.42 Å². The van der Waals surface area contributed by atoms with Gasteiger partial charge < -0.3 is 30.0 Å². The van der Waals surface area contributed by atoms with Gasteiger partial charge in [0.15, 0.2) is 0 Å². The van der Waals surface area contributed by atoms with Crippen LogP contribution < -0.4 is 10.6 Å². The third kappa shape index (κ3) is 26.7. The van der Waals surface area contributed by atoms with Crippen LogP contribution in [0.1, 0.15) is 66.7 Å². The second-order valence-corrected chi connectivity index (χ2v) is 26.0. The van der Waals surface area contributed by atoms with E-state index in [2.05, 4.69) is 42.5 Å². The number of hydrogen-bond donors (Lipinski definition) is 4. The summed E-state index contributed by atoms with van der Waals surface area (Å²) in [4.78, 5) is 23.8. The van der Waals surface area contributed by atoms with Gasteiger partial charge >= 0.3 is 0 Å². The summed E-state index contributed by atoms with van der Waals surface area (Å²) in [7, 11) is -2.09. The number of hydrogen-bond acceptors (Lipinski definition) is 13. The molecule has 0 saturated heterocycles. The van der Waals surface area contributed by atoms with Crippen LogP contribution in [-0.2, 0) is 33.0 Å². The van der Waals surface area contributed by atoms with Crippen LogP contribution in [0.5, 0.6) is 0 Å². The number of carbonyl (C=O) groups is 2. The third-order valence-corrected chi connectivity index (χ3v) is 17.8. The molecular weight excluding hydrogens is 707 g/mol. The molecule has 0 fully saturated rings. The number of amides is 2. The Bertz CT molecular complexity index is 1020. The first-order valence-corrected chi connectivity index (χ1v) is 25.8. The fourth-order valence-electron chi connectivity index (χ4n) is 3.67. The normalized spacial score (nSPS) is 13.9. The molecule has 44 heavy (non-hydrogen) atoms. The maximum absolute atomic E-state index is 12.8. The van der Waals surface area contributed by atoms with Gasteiger partial charge in [0.2, 0.25) is 11.8 Å². The average molecular weight is 763 g/mol. The lowest BCUT2D eigenvalue weighted by atomic mass is 10.1. The number of carbonyl (C=O) groups excluding carboxylic acids is 2. The van der Waals surface area contributed by atoms with Crippen molar-refractivity contribution in [3.63, 3.8) is 0 Å². The summed E-state index contributed by atoms with van der Waals surface area (Å²) in [6.07, 6.45) is 9.00. The first-order chi connectivity index (χ1) is 20.2. The summed E-state index contributed by atoms with van der Waals surface area (Å²) in [5, 5.41) is 23.2. The molecule has 4 N–H and O–H groups in total. The molecule has 0 aromatic heterocycles. The smallest absolute Gasteiger partial charge is 0.264 e. The van der Waals surface area contributed by atoms with E-state index in [0.29, 0.717) is 25.4 Å². The van der Waals surface area contributed by atoms with Crippen molar-refractivity contribution < 1.29 is 41.5 Å². The lowest BCUT2D eigenvalue weighted by Crippen LogP contribution is -2.28. The SMILES string of the molecule is CCCP(=O)(CCOS(C)(=O)=O)CNC(=O)CCC(C)(C)SSC.CSSC(C)(C)CCC(=O)NCP(=O)(CCO)CCO. The van der Waals surface area contributed by atoms with Crippen LogP contribution in [0.15, 0.2) is 0 Å². The molecule has 0 aromatic carbocycles. The van der Waals surface area contributed by atoms with Crippen molar-refractivity contribution in [2.75, 3.05) is 75.8 Å². The molecule has 0 bridgehead atoms. The zero-order chi connectivity index (χ0) is 34.5. The van der Waals surface area contributed by atoms with E-state index < -0.39 is 24.4 Å². The minimum atomic E-state index is -3.54. The predicted molar refractivity (Wildman–Crippen MR) is 195 cm³/mol. The Balaban J connectivity index is 0. The molecule has 0 heterocycles. The number of rotatable bonds is 24. The number of aliphatic hydroxyl groups is 2. The molecule has 0 radical (unpaired) electrons. The zero-order valence-corrected chi connectivity index (χ0v) is 33.5. The van der Waals surface area contributed by atoms with Crippen molar-refractivity contribution in [1.82, 2.24) is 10.6 Å². The quantitative estimate of drug-likeness (QED) is 0.0563. The Hall–Kier alpha value is 0.630. The highest BCUT2D eigenvalue weighted by Gasteiger charge is 2.25. The third-order valence-electron chi connectivity index (χ3n) is 6.10. The van der Waals surface area contributed by atoms with Crippen LogP contribution in [0, 0.1) is 0 Å². The van der Waals surface area contributed by atoms with Gasteiger partial charge in [-0.1, -0.05) is 50.1 Å². The summed E-state index contributed by atoms with van der Waals surface area (Å²) < 4.78 is 51.8. The minimum absolute atomic E-state index is 0.00714. The van der Waals surface area contributed by atoms with E-state index in [9.17, 15) is 27.1 Å². The molecule has 0 aliphatic heterocycles. The van der Waals surface area contributed by atoms with Crippen LogP contribution in [0.4, 0.5) is 0 Å². The highest BCUT2D eigenvalue weighted by molar-refractivity contribution is 8.77. The fraction of sp³-hybridized carbons (Fsp3) is 0.923. The fourth-order valence-corrected chi connectivity index (χ4v) is 12.6. The van der Waals surface area contributed by atoms with E-state index >= 15 is 0 Å². The molecule has 18 heteroatoms. The van der Waals surface area contributed by atoms with E-state index in [-0.39, 0.29) is 72.2 Å². The van der Waals surface area contributed by atoms with Gasteiger partial charge in [0, 0.05) is 60.2 Å². The largest absolute Gasteiger partial charge is 0.396 e. The molecule has 0 aliphatic rings. The minimum Gasteiger partial charge on any atom is -0.396 e. The van der Waals surface area contributed by atoms with Crippen molar-refractivity contribution in [1.29, 1.82) is 0 Å². The van der Waals surface area contributed by atoms with Gasteiger partial charge in [-0.3, -0.25) is 13.8 Å². The summed E-state index contributed by atoms with van der Waals surface area (Å²) in [6.45, 7) is 9.78. The van der Waals surface area contributed by atoms with Crippen LogP contribution >= 0.6 is 57.5 Å². The predicted octanol–water partition coefficient (Wildman–Crippen LogP) is 5.36. The zero-order valence-electron chi connectivity index (χ0n) is 27.6. The second-order valence-electron chi connectivity index (χ2n) is 11.5. The Kier molecular flexibility index (Phi) is 25.4. The van der Waals surface area contributed by atoms with Gasteiger partial charge in [-0.15, -0.1) is 0 Å².